The fraction of sp³-hybridized carbons (Fsp3) is 0.167. The Kier molecular flexibility index (Phi) is 3.93. The number of hydrogen-bond acceptors (Lipinski definition) is 5. The molecular weight excluding hydrogens is 289 g/mol. The summed E-state index contributed by atoms with van der Waals surface area (Å²) < 4.78 is 38.5. The second-order valence-corrected chi connectivity index (χ2v) is 4.89. The van der Waals surface area contributed by atoms with Gasteiger partial charge in [-0.15, -0.1) is 11.3 Å². The van der Waals surface area contributed by atoms with Crippen molar-refractivity contribution in [2.75, 3.05) is 11.2 Å². The van der Waals surface area contributed by atoms with Crippen LogP contribution in [0.3, 0.4) is 0 Å². The summed E-state index contributed by atoms with van der Waals surface area (Å²) in [5, 5.41) is 5.78. The quantitative estimate of drug-likeness (QED) is 0.673. The van der Waals surface area contributed by atoms with Gasteiger partial charge in [-0.1, -0.05) is 11.6 Å². The van der Waals surface area contributed by atoms with E-state index in [1.165, 1.54) is 23.5 Å². The van der Waals surface area contributed by atoms with E-state index in [-0.39, 0.29) is 5.56 Å². The molecule has 4 nitrogen and oxygen atoms in total. The summed E-state index contributed by atoms with van der Waals surface area (Å²) in [5.41, 5.74) is 7.95. The van der Waals surface area contributed by atoms with E-state index < -0.39 is 11.7 Å². The Labute approximate surface area is 117 Å². The highest BCUT2D eigenvalue weighted by Crippen LogP contribution is 2.31. The lowest BCUT2D eigenvalue weighted by molar-refractivity contribution is -0.137. The van der Waals surface area contributed by atoms with Gasteiger partial charge in [-0.3, -0.25) is 5.43 Å². The molecule has 0 aliphatic carbocycles. The van der Waals surface area contributed by atoms with Crippen LogP contribution in [0.15, 0.2) is 28.7 Å². The second kappa shape index (κ2) is 5.49. The highest BCUT2D eigenvalue weighted by atomic mass is 32.1. The van der Waals surface area contributed by atoms with Gasteiger partial charge >= 0.3 is 6.18 Å². The van der Waals surface area contributed by atoms with Gasteiger partial charge in [0.1, 0.15) is 5.82 Å². The first kappa shape index (κ1) is 14.3. The molecule has 8 heteroatoms. The minimum Gasteiger partial charge on any atom is -0.383 e. The molecule has 1 heterocycles. The molecule has 0 radical (unpaired) electrons. The number of benzene rings is 1. The maximum atomic E-state index is 12.8. The van der Waals surface area contributed by atoms with Crippen LogP contribution < -0.4 is 11.2 Å². The van der Waals surface area contributed by atoms with Crippen molar-refractivity contribution in [1.82, 2.24) is 4.98 Å². The van der Waals surface area contributed by atoms with Crippen LogP contribution >= 0.6 is 11.3 Å². The van der Waals surface area contributed by atoms with Crippen molar-refractivity contribution >= 4 is 28.5 Å². The number of halogens is 3. The van der Waals surface area contributed by atoms with E-state index in [1.807, 2.05) is 0 Å². The number of nitrogens with zero attached hydrogens (tertiary/aromatic N) is 2. The Morgan fingerprint density at radius 1 is 1.40 bits per heavy atom. The van der Waals surface area contributed by atoms with Gasteiger partial charge in [-0.2, -0.15) is 18.3 Å². The number of aromatic nitrogens is 1. The van der Waals surface area contributed by atoms with Crippen molar-refractivity contribution in [3.05, 3.63) is 40.3 Å². The first-order valence-electron chi connectivity index (χ1n) is 5.54. The van der Waals surface area contributed by atoms with Crippen molar-refractivity contribution in [3.8, 4) is 0 Å². The van der Waals surface area contributed by atoms with E-state index in [0.717, 1.165) is 17.8 Å². The van der Waals surface area contributed by atoms with Crippen LogP contribution in [-0.2, 0) is 6.18 Å². The van der Waals surface area contributed by atoms with E-state index in [9.17, 15) is 13.2 Å². The summed E-state index contributed by atoms with van der Waals surface area (Å²) in [4.78, 5) is 3.88. The molecule has 3 N–H and O–H groups in total. The Morgan fingerprint density at radius 3 is 2.75 bits per heavy atom. The largest absolute Gasteiger partial charge is 0.417 e. The fourth-order valence-corrected chi connectivity index (χ4v) is 2.09. The van der Waals surface area contributed by atoms with Crippen LogP contribution in [0.2, 0.25) is 0 Å². The van der Waals surface area contributed by atoms with Gasteiger partial charge in [0, 0.05) is 10.9 Å². The molecule has 0 saturated heterocycles. The van der Waals surface area contributed by atoms with Gasteiger partial charge in [0.2, 0.25) is 5.13 Å². The molecule has 0 spiro atoms. The number of hydrogen-bond donors (Lipinski definition) is 2. The van der Waals surface area contributed by atoms with Gasteiger partial charge in [0.15, 0.2) is 0 Å². The van der Waals surface area contributed by atoms with Gasteiger partial charge in [0.25, 0.3) is 0 Å². The van der Waals surface area contributed by atoms with Crippen molar-refractivity contribution in [3.63, 3.8) is 0 Å². The number of hydrazone groups is 1. The maximum Gasteiger partial charge on any atom is 0.417 e. The molecule has 0 amide bonds. The number of rotatable bonds is 3. The number of nitrogen functional groups attached to an aromatic ring is 1. The summed E-state index contributed by atoms with van der Waals surface area (Å²) >= 11 is 1.21. The standard InChI is InChI=1S/C12H11F3N4S/c1-7-2-3-9(12(13,14)15)8(4-7)5-17-19-11-18-10(16)6-20-11/h2-6H,16H2,1H3,(H,18,19). The Hall–Kier alpha value is -2.09. The highest BCUT2D eigenvalue weighted by molar-refractivity contribution is 7.14. The average Bonchev–Trinajstić information content (AvgIpc) is 2.73. The lowest BCUT2D eigenvalue weighted by Crippen LogP contribution is -2.09. The summed E-state index contributed by atoms with van der Waals surface area (Å²) in [7, 11) is 0. The van der Waals surface area contributed by atoms with Gasteiger partial charge < -0.3 is 5.73 Å². The van der Waals surface area contributed by atoms with E-state index in [2.05, 4.69) is 15.5 Å². The first-order valence-corrected chi connectivity index (χ1v) is 6.42. The summed E-state index contributed by atoms with van der Waals surface area (Å²) in [6.07, 6.45) is -3.30. The molecule has 0 fully saturated rings. The molecule has 1 aromatic carbocycles. The number of nitrogens with two attached hydrogens (primary N) is 1. The molecule has 1 aromatic heterocycles. The monoisotopic (exact) mass is 300 g/mol. The zero-order chi connectivity index (χ0) is 14.8. The SMILES string of the molecule is Cc1ccc(C(F)(F)F)c(C=NNc2nc(N)cs2)c1. The minimum absolute atomic E-state index is 0.00507. The topological polar surface area (TPSA) is 63.3 Å². The number of anilines is 2. The van der Waals surface area contributed by atoms with E-state index in [4.69, 9.17) is 5.73 Å². The molecule has 20 heavy (non-hydrogen) atoms. The zero-order valence-electron chi connectivity index (χ0n) is 10.4. The van der Waals surface area contributed by atoms with Crippen molar-refractivity contribution < 1.29 is 13.2 Å². The Morgan fingerprint density at radius 2 is 2.15 bits per heavy atom. The molecule has 0 saturated carbocycles. The normalized spacial score (nSPS) is 12.0. The molecule has 0 bridgehead atoms. The van der Waals surface area contributed by atoms with Crippen LogP contribution in [0.4, 0.5) is 24.1 Å². The first-order chi connectivity index (χ1) is 9.36. The van der Waals surface area contributed by atoms with Crippen LogP contribution in [0, 0.1) is 6.92 Å². The predicted molar refractivity (Wildman–Crippen MR) is 73.9 cm³/mol. The van der Waals surface area contributed by atoms with Crippen LogP contribution in [-0.4, -0.2) is 11.2 Å². The Bertz CT molecular complexity index is 634. The molecule has 0 unspecified atom stereocenters. The smallest absolute Gasteiger partial charge is 0.383 e. The Balaban J connectivity index is 2.21. The maximum absolute atomic E-state index is 12.8. The zero-order valence-corrected chi connectivity index (χ0v) is 11.2. The predicted octanol–water partition coefficient (Wildman–Crippen LogP) is 3.50. The molecule has 2 rings (SSSR count). The molecule has 0 atom stereocenters. The highest BCUT2D eigenvalue weighted by Gasteiger charge is 2.32. The lowest BCUT2D eigenvalue weighted by Gasteiger charge is -2.10. The fourth-order valence-electron chi connectivity index (χ4n) is 1.54. The van der Waals surface area contributed by atoms with Crippen molar-refractivity contribution in [2.45, 2.75) is 13.1 Å². The summed E-state index contributed by atoms with van der Waals surface area (Å²) in [6.45, 7) is 1.71. The van der Waals surface area contributed by atoms with E-state index >= 15 is 0 Å². The summed E-state index contributed by atoms with van der Waals surface area (Å²) in [6, 6.07) is 3.87. The number of aryl methyl sites for hydroxylation is 1. The molecule has 106 valence electrons. The lowest BCUT2D eigenvalue weighted by atomic mass is 10.1. The second-order valence-electron chi connectivity index (χ2n) is 4.04. The number of nitrogens with one attached hydrogen (secondary N) is 1. The van der Waals surface area contributed by atoms with Crippen LogP contribution in [0.25, 0.3) is 0 Å². The molecule has 0 aliphatic heterocycles. The molecular formula is C12H11F3N4S. The molecule has 0 aliphatic rings. The third-order valence-electron chi connectivity index (χ3n) is 2.40. The van der Waals surface area contributed by atoms with Gasteiger partial charge in [-0.05, 0) is 19.1 Å². The van der Waals surface area contributed by atoms with Crippen molar-refractivity contribution in [1.29, 1.82) is 0 Å². The third-order valence-corrected chi connectivity index (χ3v) is 3.16. The minimum atomic E-state index is -4.42. The molecule has 2 aromatic rings. The van der Waals surface area contributed by atoms with Crippen molar-refractivity contribution in [2.24, 2.45) is 5.10 Å². The number of alkyl halides is 3. The average molecular weight is 300 g/mol. The van der Waals surface area contributed by atoms with E-state index in [1.54, 1.807) is 12.3 Å². The van der Waals surface area contributed by atoms with Gasteiger partial charge in [-0.25, -0.2) is 4.98 Å². The summed E-state index contributed by atoms with van der Waals surface area (Å²) in [5.74, 6) is 0.333. The third kappa shape index (κ3) is 3.47. The van der Waals surface area contributed by atoms with E-state index in [0.29, 0.717) is 10.9 Å². The van der Waals surface area contributed by atoms with Gasteiger partial charge in [0.05, 0.1) is 11.8 Å². The van der Waals surface area contributed by atoms with Crippen LogP contribution in [0.5, 0.6) is 0 Å². The number of thiazole rings is 1. The van der Waals surface area contributed by atoms with Crippen LogP contribution in [0.1, 0.15) is 16.7 Å².